The van der Waals surface area contributed by atoms with E-state index in [-0.39, 0.29) is 5.56 Å². The zero-order valence-electron chi connectivity index (χ0n) is 13.0. The van der Waals surface area contributed by atoms with Gasteiger partial charge in [0.25, 0.3) is 5.91 Å². The molecule has 3 nitrogen and oxygen atoms in total. The van der Waals surface area contributed by atoms with Crippen LogP contribution in [0.1, 0.15) is 18.1 Å². The predicted octanol–water partition coefficient (Wildman–Crippen LogP) is 4.99. The van der Waals surface area contributed by atoms with E-state index in [0.29, 0.717) is 5.02 Å². The molecular formula is C17H14ClF3N2OS. The molecule has 132 valence electrons. The number of halogens is 4. The first kappa shape index (κ1) is 19.3. The first-order chi connectivity index (χ1) is 11.8. The Labute approximate surface area is 152 Å². The molecule has 1 amide bonds. The highest BCUT2D eigenvalue weighted by molar-refractivity contribution is 8.00. The van der Waals surface area contributed by atoms with E-state index in [0.717, 1.165) is 17.2 Å². The molecule has 0 bridgehead atoms. The number of nitrogens with zero attached hydrogens (tertiary/aromatic N) is 1. The predicted molar refractivity (Wildman–Crippen MR) is 94.0 cm³/mol. The van der Waals surface area contributed by atoms with E-state index in [1.165, 1.54) is 30.0 Å². The van der Waals surface area contributed by atoms with Crippen molar-refractivity contribution in [2.45, 2.75) is 23.2 Å². The highest BCUT2D eigenvalue weighted by Gasteiger charge is 2.32. The average Bonchev–Trinajstić information content (AvgIpc) is 2.56. The second-order valence-electron chi connectivity index (χ2n) is 5.03. The van der Waals surface area contributed by atoms with Crippen LogP contribution >= 0.6 is 23.4 Å². The highest BCUT2D eigenvalue weighted by atomic mass is 35.5. The average molecular weight is 387 g/mol. The largest absolute Gasteiger partial charge is 0.417 e. The van der Waals surface area contributed by atoms with Crippen LogP contribution in [0.3, 0.4) is 0 Å². The number of hydrogen-bond donors (Lipinski definition) is 1. The van der Waals surface area contributed by atoms with E-state index in [1.807, 2.05) is 0 Å². The zero-order chi connectivity index (χ0) is 18.4. The van der Waals surface area contributed by atoms with Gasteiger partial charge in [-0.1, -0.05) is 29.8 Å². The molecule has 25 heavy (non-hydrogen) atoms. The standard InChI is InChI=1S/C17H14ClF3N2OS/c1-11(25-14-8-6-13(18)7-9-14)16(24)23-22-10-12-4-2-3-5-15(12)17(19,20)21/h2-11H,1H3,(H,23,24)/b22-10-/t11-/m1/s1. The van der Waals surface area contributed by atoms with Crippen LogP contribution in [0.4, 0.5) is 13.2 Å². The van der Waals surface area contributed by atoms with E-state index in [1.54, 1.807) is 31.2 Å². The van der Waals surface area contributed by atoms with Crippen LogP contribution in [-0.4, -0.2) is 17.4 Å². The Morgan fingerprint density at radius 3 is 2.48 bits per heavy atom. The molecule has 0 saturated carbocycles. The fourth-order valence-corrected chi connectivity index (χ4v) is 2.88. The van der Waals surface area contributed by atoms with Gasteiger partial charge in [-0.15, -0.1) is 11.8 Å². The van der Waals surface area contributed by atoms with E-state index in [2.05, 4.69) is 10.5 Å². The molecule has 2 aromatic rings. The minimum atomic E-state index is -4.48. The number of rotatable bonds is 5. The van der Waals surface area contributed by atoms with Crippen LogP contribution < -0.4 is 5.43 Å². The Kier molecular flexibility index (Phi) is 6.50. The van der Waals surface area contributed by atoms with Crippen molar-refractivity contribution in [1.82, 2.24) is 5.43 Å². The first-order valence-electron chi connectivity index (χ1n) is 7.19. The Balaban J connectivity index is 1.97. The summed E-state index contributed by atoms with van der Waals surface area (Å²) in [5.41, 5.74) is 1.33. The third-order valence-electron chi connectivity index (χ3n) is 3.14. The molecule has 0 radical (unpaired) electrons. The normalized spacial score (nSPS) is 13.0. The van der Waals surface area contributed by atoms with Crippen molar-refractivity contribution in [1.29, 1.82) is 0 Å². The van der Waals surface area contributed by atoms with Gasteiger partial charge in [-0.05, 0) is 37.3 Å². The van der Waals surface area contributed by atoms with Gasteiger partial charge in [0.2, 0.25) is 0 Å². The number of hydrogen-bond acceptors (Lipinski definition) is 3. The summed E-state index contributed by atoms with van der Waals surface area (Å²) in [7, 11) is 0. The molecular weight excluding hydrogens is 373 g/mol. The van der Waals surface area contributed by atoms with Gasteiger partial charge in [0, 0.05) is 15.5 Å². The molecule has 2 rings (SSSR count). The topological polar surface area (TPSA) is 41.5 Å². The van der Waals surface area contributed by atoms with Gasteiger partial charge in [-0.3, -0.25) is 4.79 Å². The quantitative estimate of drug-likeness (QED) is 0.447. The smallest absolute Gasteiger partial charge is 0.272 e. The summed E-state index contributed by atoms with van der Waals surface area (Å²) < 4.78 is 38.6. The number of alkyl halides is 3. The Morgan fingerprint density at radius 1 is 1.20 bits per heavy atom. The monoisotopic (exact) mass is 386 g/mol. The van der Waals surface area contributed by atoms with Gasteiger partial charge in [-0.25, -0.2) is 5.43 Å². The lowest BCUT2D eigenvalue weighted by Gasteiger charge is -2.10. The number of hydrazone groups is 1. The van der Waals surface area contributed by atoms with Crippen LogP contribution in [0.5, 0.6) is 0 Å². The summed E-state index contributed by atoms with van der Waals surface area (Å²) in [5.74, 6) is -0.416. The fourth-order valence-electron chi connectivity index (χ4n) is 1.89. The lowest BCUT2D eigenvalue weighted by atomic mass is 10.1. The van der Waals surface area contributed by atoms with Gasteiger partial charge in [-0.2, -0.15) is 18.3 Å². The van der Waals surface area contributed by atoms with Crippen LogP contribution in [-0.2, 0) is 11.0 Å². The summed E-state index contributed by atoms with van der Waals surface area (Å²) >= 11 is 7.08. The first-order valence-corrected chi connectivity index (χ1v) is 8.44. The number of carbonyl (C=O) groups excluding carboxylic acids is 1. The summed E-state index contributed by atoms with van der Waals surface area (Å²) in [6.07, 6.45) is -3.50. The van der Waals surface area contributed by atoms with E-state index < -0.39 is 22.9 Å². The Bertz CT molecular complexity index is 763. The number of amides is 1. The lowest BCUT2D eigenvalue weighted by Crippen LogP contribution is -2.26. The van der Waals surface area contributed by atoms with Gasteiger partial charge in [0.05, 0.1) is 17.0 Å². The van der Waals surface area contributed by atoms with Crippen molar-refractivity contribution in [2.24, 2.45) is 5.10 Å². The van der Waals surface area contributed by atoms with Crippen LogP contribution in [0.2, 0.25) is 5.02 Å². The van der Waals surface area contributed by atoms with E-state index in [9.17, 15) is 18.0 Å². The zero-order valence-corrected chi connectivity index (χ0v) is 14.6. The molecule has 0 aliphatic carbocycles. The van der Waals surface area contributed by atoms with Crippen LogP contribution in [0.15, 0.2) is 58.5 Å². The molecule has 0 fully saturated rings. The maximum Gasteiger partial charge on any atom is 0.417 e. The number of thioether (sulfide) groups is 1. The van der Waals surface area contributed by atoms with Gasteiger partial charge >= 0.3 is 6.18 Å². The second-order valence-corrected chi connectivity index (χ2v) is 6.88. The summed E-state index contributed by atoms with van der Waals surface area (Å²) in [6.45, 7) is 1.67. The molecule has 0 aliphatic heterocycles. The number of nitrogens with one attached hydrogen (secondary N) is 1. The molecule has 1 atom stereocenters. The fraction of sp³-hybridized carbons (Fsp3) is 0.176. The Hall–Kier alpha value is -1.99. The SMILES string of the molecule is C[C@@H](Sc1ccc(Cl)cc1)C(=O)N/N=C\c1ccccc1C(F)(F)F. The minimum Gasteiger partial charge on any atom is -0.272 e. The molecule has 2 aromatic carbocycles. The maximum atomic E-state index is 12.9. The molecule has 1 N–H and O–H groups in total. The van der Waals surface area contributed by atoms with E-state index >= 15 is 0 Å². The van der Waals surface area contributed by atoms with Crippen molar-refractivity contribution in [3.05, 3.63) is 64.7 Å². The molecule has 0 saturated heterocycles. The summed E-state index contributed by atoms with van der Waals surface area (Å²) in [6, 6.07) is 12.0. The maximum absolute atomic E-state index is 12.9. The number of benzene rings is 2. The summed E-state index contributed by atoms with van der Waals surface area (Å²) in [5, 5.41) is 3.75. The minimum absolute atomic E-state index is 0.117. The van der Waals surface area contributed by atoms with Crippen molar-refractivity contribution < 1.29 is 18.0 Å². The van der Waals surface area contributed by atoms with Crippen LogP contribution in [0.25, 0.3) is 0 Å². The van der Waals surface area contributed by atoms with Crippen molar-refractivity contribution in [2.75, 3.05) is 0 Å². The van der Waals surface area contributed by atoms with Crippen molar-refractivity contribution >= 4 is 35.5 Å². The molecule has 0 heterocycles. The lowest BCUT2D eigenvalue weighted by molar-refractivity contribution is -0.137. The molecule has 0 aromatic heterocycles. The molecule has 0 spiro atoms. The molecule has 0 aliphatic rings. The van der Waals surface area contributed by atoms with Crippen molar-refractivity contribution in [3.8, 4) is 0 Å². The Morgan fingerprint density at radius 2 is 1.84 bits per heavy atom. The van der Waals surface area contributed by atoms with E-state index in [4.69, 9.17) is 11.6 Å². The van der Waals surface area contributed by atoms with Crippen LogP contribution in [0, 0.1) is 0 Å². The van der Waals surface area contributed by atoms with Crippen molar-refractivity contribution in [3.63, 3.8) is 0 Å². The molecule has 0 unspecified atom stereocenters. The van der Waals surface area contributed by atoms with Gasteiger partial charge in [0.15, 0.2) is 0 Å². The highest BCUT2D eigenvalue weighted by Crippen LogP contribution is 2.31. The van der Waals surface area contributed by atoms with Gasteiger partial charge < -0.3 is 0 Å². The third-order valence-corrected chi connectivity index (χ3v) is 4.50. The summed E-state index contributed by atoms with van der Waals surface area (Å²) in [4.78, 5) is 12.8. The molecule has 8 heteroatoms. The van der Waals surface area contributed by atoms with Gasteiger partial charge in [0.1, 0.15) is 0 Å². The third kappa shape index (κ3) is 5.79. The number of carbonyl (C=O) groups is 1. The second kappa shape index (κ2) is 8.40.